The molecule has 0 bridgehead atoms. The number of esters is 1. The van der Waals surface area contributed by atoms with Gasteiger partial charge in [0, 0.05) is 18.0 Å². The molecule has 0 aliphatic heterocycles. The summed E-state index contributed by atoms with van der Waals surface area (Å²) in [6, 6.07) is 7.53. The first-order valence-corrected chi connectivity index (χ1v) is 14.0. The van der Waals surface area contributed by atoms with Crippen molar-refractivity contribution in [3.8, 4) is 17.1 Å². The Hall–Kier alpha value is -2.75. The lowest BCUT2D eigenvalue weighted by molar-refractivity contribution is -0.139. The molecule has 1 heterocycles. The molecule has 1 aromatic heterocycles. The standard InChI is InChI=1S/C32H44N2O2/c1-4-5-6-7-8-9-10-13-27-23-33-31(34-24-27)28-19-21-30(22-20-28)36-32(35)29-17-15-26(16-18-29)14-11-12-25(2)3/h12,15,19-24,29H,4-11,13-14,16-18H2,1-3H3. The van der Waals surface area contributed by atoms with Gasteiger partial charge in [0.2, 0.25) is 0 Å². The average Bonchev–Trinajstić information content (AvgIpc) is 2.89. The van der Waals surface area contributed by atoms with Crippen molar-refractivity contribution in [1.29, 1.82) is 0 Å². The van der Waals surface area contributed by atoms with E-state index in [4.69, 9.17) is 4.74 Å². The van der Waals surface area contributed by atoms with E-state index in [1.807, 2.05) is 36.7 Å². The number of aromatic nitrogens is 2. The van der Waals surface area contributed by atoms with Gasteiger partial charge in [-0.05, 0) is 88.6 Å². The predicted octanol–water partition coefficient (Wildman–Crippen LogP) is 8.82. The molecule has 0 N–H and O–H groups in total. The van der Waals surface area contributed by atoms with Gasteiger partial charge in [0.05, 0.1) is 5.92 Å². The molecule has 194 valence electrons. The summed E-state index contributed by atoms with van der Waals surface area (Å²) in [6.07, 6.45) is 23.4. The van der Waals surface area contributed by atoms with Crippen LogP contribution in [0.4, 0.5) is 0 Å². The van der Waals surface area contributed by atoms with Crippen LogP contribution in [0.3, 0.4) is 0 Å². The first-order valence-electron chi connectivity index (χ1n) is 14.0. The fraction of sp³-hybridized carbons (Fsp3) is 0.531. The van der Waals surface area contributed by atoms with Gasteiger partial charge in [0.1, 0.15) is 5.75 Å². The molecule has 0 saturated heterocycles. The highest BCUT2D eigenvalue weighted by Gasteiger charge is 2.23. The minimum absolute atomic E-state index is 0.0518. The maximum Gasteiger partial charge on any atom is 0.314 e. The lowest BCUT2D eigenvalue weighted by Crippen LogP contribution is -2.22. The SMILES string of the molecule is CCCCCCCCCc1cnc(-c2ccc(OC(=O)C3CC=C(CCC=C(C)C)CC3)cc2)nc1. The molecule has 4 heteroatoms. The molecule has 1 aromatic carbocycles. The Labute approximate surface area is 218 Å². The lowest BCUT2D eigenvalue weighted by atomic mass is 9.88. The Morgan fingerprint density at radius 3 is 2.31 bits per heavy atom. The van der Waals surface area contributed by atoms with E-state index < -0.39 is 0 Å². The van der Waals surface area contributed by atoms with E-state index in [-0.39, 0.29) is 11.9 Å². The molecule has 1 aliphatic carbocycles. The van der Waals surface area contributed by atoms with Crippen molar-refractivity contribution < 1.29 is 9.53 Å². The van der Waals surface area contributed by atoms with Gasteiger partial charge >= 0.3 is 5.97 Å². The van der Waals surface area contributed by atoms with E-state index in [9.17, 15) is 4.79 Å². The first-order chi connectivity index (χ1) is 17.5. The van der Waals surface area contributed by atoms with Crippen molar-refractivity contribution in [3.05, 3.63) is 65.5 Å². The zero-order valence-corrected chi connectivity index (χ0v) is 22.6. The highest BCUT2D eigenvalue weighted by Crippen LogP contribution is 2.28. The number of unbranched alkanes of at least 4 members (excludes halogenated alkanes) is 6. The van der Waals surface area contributed by atoms with Gasteiger partial charge in [0.25, 0.3) is 0 Å². The number of benzene rings is 1. The fourth-order valence-corrected chi connectivity index (χ4v) is 4.67. The van der Waals surface area contributed by atoms with Crippen molar-refractivity contribution >= 4 is 5.97 Å². The molecule has 1 unspecified atom stereocenters. The Bertz CT molecular complexity index is 986. The van der Waals surface area contributed by atoms with Crippen LogP contribution in [0.5, 0.6) is 5.75 Å². The van der Waals surface area contributed by atoms with E-state index in [1.165, 1.54) is 61.7 Å². The fourth-order valence-electron chi connectivity index (χ4n) is 4.67. The topological polar surface area (TPSA) is 52.1 Å². The molecule has 0 spiro atoms. The summed E-state index contributed by atoms with van der Waals surface area (Å²) in [7, 11) is 0. The number of aryl methyl sites for hydroxylation is 1. The highest BCUT2D eigenvalue weighted by molar-refractivity contribution is 5.75. The van der Waals surface area contributed by atoms with Gasteiger partial charge in [-0.25, -0.2) is 9.97 Å². The lowest BCUT2D eigenvalue weighted by Gasteiger charge is -2.20. The predicted molar refractivity (Wildman–Crippen MR) is 149 cm³/mol. The summed E-state index contributed by atoms with van der Waals surface area (Å²) < 4.78 is 5.68. The maximum absolute atomic E-state index is 12.7. The smallest absolute Gasteiger partial charge is 0.314 e. The Morgan fingerprint density at radius 2 is 1.67 bits per heavy atom. The molecule has 4 nitrogen and oxygen atoms in total. The third-order valence-electron chi connectivity index (χ3n) is 6.96. The zero-order valence-electron chi connectivity index (χ0n) is 22.6. The summed E-state index contributed by atoms with van der Waals surface area (Å²) in [5.74, 6) is 1.10. The van der Waals surface area contributed by atoms with Gasteiger partial charge < -0.3 is 4.74 Å². The van der Waals surface area contributed by atoms with Gasteiger partial charge in [0.15, 0.2) is 5.82 Å². The number of carbonyl (C=O) groups is 1. The summed E-state index contributed by atoms with van der Waals surface area (Å²) in [5, 5.41) is 0. The molecular weight excluding hydrogens is 444 g/mol. The van der Waals surface area contributed by atoms with E-state index in [0.29, 0.717) is 11.6 Å². The number of rotatable bonds is 14. The Morgan fingerprint density at radius 1 is 0.972 bits per heavy atom. The minimum Gasteiger partial charge on any atom is -0.426 e. The van der Waals surface area contributed by atoms with Crippen LogP contribution in [0, 0.1) is 5.92 Å². The summed E-state index contributed by atoms with van der Waals surface area (Å²) in [5.41, 5.74) is 4.95. The van der Waals surface area contributed by atoms with E-state index in [2.05, 4.69) is 42.9 Å². The van der Waals surface area contributed by atoms with Crippen LogP contribution >= 0.6 is 0 Å². The third kappa shape index (κ3) is 9.72. The van der Waals surface area contributed by atoms with Crippen molar-refractivity contribution in [2.75, 3.05) is 0 Å². The minimum atomic E-state index is -0.131. The van der Waals surface area contributed by atoms with E-state index in [0.717, 1.165) is 44.1 Å². The normalized spacial score (nSPS) is 15.3. The van der Waals surface area contributed by atoms with Gasteiger partial charge in [-0.3, -0.25) is 4.79 Å². The van der Waals surface area contributed by atoms with Gasteiger partial charge in [-0.15, -0.1) is 0 Å². The number of allylic oxidation sites excluding steroid dienone is 4. The molecule has 2 aromatic rings. The molecule has 0 saturated carbocycles. The van der Waals surface area contributed by atoms with Gasteiger partial charge in [-0.2, -0.15) is 0 Å². The number of hydrogen-bond acceptors (Lipinski definition) is 4. The zero-order chi connectivity index (χ0) is 25.6. The van der Waals surface area contributed by atoms with E-state index in [1.54, 1.807) is 0 Å². The van der Waals surface area contributed by atoms with Crippen LogP contribution in [0.15, 0.2) is 60.0 Å². The second-order valence-corrected chi connectivity index (χ2v) is 10.4. The number of ether oxygens (including phenoxy) is 1. The van der Waals surface area contributed by atoms with Crippen LogP contribution in [-0.2, 0) is 11.2 Å². The molecular formula is C32H44N2O2. The van der Waals surface area contributed by atoms with Crippen molar-refractivity contribution in [3.63, 3.8) is 0 Å². The summed E-state index contributed by atoms with van der Waals surface area (Å²) in [6.45, 7) is 6.52. The van der Waals surface area contributed by atoms with Crippen molar-refractivity contribution in [1.82, 2.24) is 9.97 Å². The molecule has 0 fully saturated rings. The largest absolute Gasteiger partial charge is 0.426 e. The Kier molecular flexibility index (Phi) is 11.9. The molecule has 36 heavy (non-hydrogen) atoms. The molecule has 0 amide bonds. The highest BCUT2D eigenvalue weighted by atomic mass is 16.5. The van der Waals surface area contributed by atoms with Crippen LogP contribution in [0.2, 0.25) is 0 Å². The monoisotopic (exact) mass is 488 g/mol. The van der Waals surface area contributed by atoms with Crippen LogP contribution < -0.4 is 4.74 Å². The van der Waals surface area contributed by atoms with E-state index >= 15 is 0 Å². The first kappa shape index (κ1) is 27.8. The molecule has 0 radical (unpaired) electrons. The average molecular weight is 489 g/mol. The van der Waals surface area contributed by atoms with Crippen LogP contribution in [-0.4, -0.2) is 15.9 Å². The van der Waals surface area contributed by atoms with Crippen molar-refractivity contribution in [2.45, 2.75) is 104 Å². The van der Waals surface area contributed by atoms with Gasteiger partial charge in [-0.1, -0.05) is 68.7 Å². The number of nitrogens with zero attached hydrogens (tertiary/aromatic N) is 2. The van der Waals surface area contributed by atoms with Crippen LogP contribution in [0.1, 0.15) is 103 Å². The van der Waals surface area contributed by atoms with Crippen LogP contribution in [0.25, 0.3) is 11.4 Å². The molecule has 3 rings (SSSR count). The summed E-state index contributed by atoms with van der Waals surface area (Å²) in [4.78, 5) is 21.8. The number of carbonyl (C=O) groups excluding carboxylic acids is 1. The second-order valence-electron chi connectivity index (χ2n) is 10.4. The second kappa shape index (κ2) is 15.4. The van der Waals surface area contributed by atoms with Crippen molar-refractivity contribution in [2.24, 2.45) is 5.92 Å². The number of hydrogen-bond donors (Lipinski definition) is 0. The Balaban J connectivity index is 1.41. The molecule has 1 aliphatic rings. The quantitative estimate of drug-likeness (QED) is 0.115. The summed E-state index contributed by atoms with van der Waals surface area (Å²) >= 11 is 0. The molecule has 1 atom stereocenters. The maximum atomic E-state index is 12.7. The third-order valence-corrected chi connectivity index (χ3v) is 6.96.